The van der Waals surface area contributed by atoms with E-state index in [1.807, 2.05) is 12.2 Å². The molecule has 0 spiro atoms. The third-order valence-electron chi connectivity index (χ3n) is 3.21. The molecule has 0 aliphatic heterocycles. The number of hydrogen-bond donors (Lipinski definition) is 0. The molecule has 0 amide bonds. The molecule has 2 bridgehead atoms. The lowest BCUT2D eigenvalue weighted by Crippen LogP contribution is -2.31. The zero-order valence-corrected chi connectivity index (χ0v) is 9.36. The van der Waals surface area contributed by atoms with E-state index in [9.17, 15) is 9.59 Å². The zero-order valence-electron chi connectivity index (χ0n) is 9.36. The van der Waals surface area contributed by atoms with Gasteiger partial charge in [0.1, 0.15) is 0 Å². The van der Waals surface area contributed by atoms with Gasteiger partial charge in [-0.15, -0.1) is 0 Å². The van der Waals surface area contributed by atoms with E-state index in [2.05, 4.69) is 0 Å². The Morgan fingerprint density at radius 3 is 1.62 bits per heavy atom. The summed E-state index contributed by atoms with van der Waals surface area (Å²) in [4.78, 5) is 23.3. The SMILES string of the molecule is COC(=O)C1=C(C(=O)OC)C2C=CC1CC2. The summed E-state index contributed by atoms with van der Waals surface area (Å²) in [6.45, 7) is 0. The van der Waals surface area contributed by atoms with Gasteiger partial charge < -0.3 is 9.47 Å². The van der Waals surface area contributed by atoms with Crippen molar-refractivity contribution >= 4 is 11.9 Å². The highest BCUT2D eigenvalue weighted by molar-refractivity contribution is 6.02. The van der Waals surface area contributed by atoms with Gasteiger partial charge in [0.25, 0.3) is 0 Å². The summed E-state index contributed by atoms with van der Waals surface area (Å²) in [7, 11) is 2.66. The monoisotopic (exact) mass is 222 g/mol. The Hall–Kier alpha value is -1.58. The standard InChI is InChI=1S/C12H14O4/c1-15-11(13)9-7-3-5-8(6-4-7)10(9)12(14)16-2/h3,5,7-8H,4,6H2,1-2H3. The van der Waals surface area contributed by atoms with Gasteiger partial charge in [0, 0.05) is 11.8 Å². The minimum Gasteiger partial charge on any atom is -0.466 e. The predicted molar refractivity (Wildman–Crippen MR) is 56.4 cm³/mol. The maximum absolute atomic E-state index is 11.7. The molecule has 0 aromatic rings. The van der Waals surface area contributed by atoms with E-state index in [-0.39, 0.29) is 11.8 Å². The van der Waals surface area contributed by atoms with Crippen molar-refractivity contribution in [3.63, 3.8) is 0 Å². The Balaban J connectivity index is 2.46. The summed E-state index contributed by atoms with van der Waals surface area (Å²) in [5.74, 6) is -0.822. The number of hydrogen-bond acceptors (Lipinski definition) is 4. The van der Waals surface area contributed by atoms with Crippen molar-refractivity contribution < 1.29 is 19.1 Å². The van der Waals surface area contributed by atoms with Gasteiger partial charge in [0.2, 0.25) is 0 Å². The molecule has 3 rings (SSSR count). The summed E-state index contributed by atoms with van der Waals surface area (Å²) >= 11 is 0. The number of ether oxygens (including phenoxy) is 2. The molecule has 0 fully saturated rings. The number of allylic oxidation sites excluding steroid dienone is 2. The Bertz CT molecular complexity index is 356. The Morgan fingerprint density at radius 2 is 1.38 bits per heavy atom. The quantitative estimate of drug-likeness (QED) is 0.521. The van der Waals surface area contributed by atoms with E-state index in [0.717, 1.165) is 12.8 Å². The van der Waals surface area contributed by atoms with E-state index in [1.165, 1.54) is 14.2 Å². The normalized spacial score (nSPS) is 26.9. The first-order chi connectivity index (χ1) is 7.69. The molecular weight excluding hydrogens is 208 g/mol. The largest absolute Gasteiger partial charge is 0.466 e. The number of carbonyl (C=O) groups excluding carboxylic acids is 2. The van der Waals surface area contributed by atoms with E-state index in [1.54, 1.807) is 0 Å². The second-order valence-electron chi connectivity index (χ2n) is 3.99. The van der Waals surface area contributed by atoms with E-state index in [0.29, 0.717) is 11.1 Å². The molecule has 2 atom stereocenters. The average Bonchev–Trinajstić information content (AvgIpc) is 2.37. The molecule has 0 saturated carbocycles. The fourth-order valence-electron chi connectivity index (χ4n) is 2.44. The number of carbonyl (C=O) groups is 2. The number of fused-ring (bicyclic) bond motifs is 1. The molecular formula is C12H14O4. The first-order valence-electron chi connectivity index (χ1n) is 5.28. The van der Waals surface area contributed by atoms with Crippen molar-refractivity contribution in [3.8, 4) is 0 Å². The highest BCUT2D eigenvalue weighted by Crippen LogP contribution is 2.41. The first kappa shape index (κ1) is 10.9. The topological polar surface area (TPSA) is 52.6 Å². The maximum Gasteiger partial charge on any atom is 0.334 e. The maximum atomic E-state index is 11.7. The van der Waals surface area contributed by atoms with E-state index in [4.69, 9.17) is 9.47 Å². The molecule has 86 valence electrons. The average molecular weight is 222 g/mol. The van der Waals surface area contributed by atoms with Crippen LogP contribution in [0.15, 0.2) is 23.3 Å². The molecule has 3 aliphatic carbocycles. The molecule has 3 aliphatic rings. The summed E-state index contributed by atoms with van der Waals surface area (Å²) in [5, 5.41) is 0. The van der Waals surface area contributed by atoms with Crippen LogP contribution in [0.25, 0.3) is 0 Å². The lowest BCUT2D eigenvalue weighted by atomic mass is 9.71. The van der Waals surface area contributed by atoms with Crippen LogP contribution in [0.5, 0.6) is 0 Å². The van der Waals surface area contributed by atoms with Crippen LogP contribution in [-0.2, 0) is 19.1 Å². The molecule has 0 radical (unpaired) electrons. The Labute approximate surface area is 93.9 Å². The molecule has 2 unspecified atom stereocenters. The van der Waals surface area contributed by atoms with Crippen LogP contribution in [0.3, 0.4) is 0 Å². The van der Waals surface area contributed by atoms with Crippen LogP contribution in [0, 0.1) is 11.8 Å². The first-order valence-corrected chi connectivity index (χ1v) is 5.28. The van der Waals surface area contributed by atoms with Gasteiger partial charge in [0.15, 0.2) is 0 Å². The van der Waals surface area contributed by atoms with Gasteiger partial charge >= 0.3 is 11.9 Å². The second-order valence-corrected chi connectivity index (χ2v) is 3.99. The van der Waals surface area contributed by atoms with Crippen molar-refractivity contribution in [2.24, 2.45) is 11.8 Å². The molecule has 0 heterocycles. The van der Waals surface area contributed by atoms with Gasteiger partial charge in [-0.3, -0.25) is 0 Å². The van der Waals surface area contributed by atoms with Crippen molar-refractivity contribution in [1.82, 2.24) is 0 Å². The van der Waals surface area contributed by atoms with Crippen LogP contribution < -0.4 is 0 Å². The van der Waals surface area contributed by atoms with Crippen LogP contribution in [0.4, 0.5) is 0 Å². The fourth-order valence-corrected chi connectivity index (χ4v) is 2.44. The highest BCUT2D eigenvalue weighted by atomic mass is 16.5. The number of esters is 2. The van der Waals surface area contributed by atoms with E-state index < -0.39 is 11.9 Å². The van der Waals surface area contributed by atoms with Crippen LogP contribution in [0.2, 0.25) is 0 Å². The van der Waals surface area contributed by atoms with Crippen LogP contribution >= 0.6 is 0 Å². The molecule has 0 aromatic carbocycles. The molecule has 16 heavy (non-hydrogen) atoms. The Morgan fingerprint density at radius 1 is 1.00 bits per heavy atom. The van der Waals surface area contributed by atoms with Gasteiger partial charge in [-0.2, -0.15) is 0 Å². The third-order valence-corrected chi connectivity index (χ3v) is 3.21. The van der Waals surface area contributed by atoms with Gasteiger partial charge in [-0.05, 0) is 12.8 Å². The van der Waals surface area contributed by atoms with Gasteiger partial charge in [-0.1, -0.05) is 12.2 Å². The summed E-state index contributed by atoms with van der Waals surface area (Å²) < 4.78 is 9.46. The zero-order chi connectivity index (χ0) is 11.7. The molecule has 0 N–H and O–H groups in total. The number of methoxy groups -OCH3 is 2. The minimum atomic E-state index is -0.417. The molecule has 0 saturated heterocycles. The minimum absolute atomic E-state index is 0.00606. The Kier molecular flexibility index (Phi) is 2.81. The lowest BCUT2D eigenvalue weighted by Gasteiger charge is -2.33. The second kappa shape index (κ2) is 4.12. The van der Waals surface area contributed by atoms with Crippen LogP contribution in [0.1, 0.15) is 12.8 Å². The lowest BCUT2D eigenvalue weighted by molar-refractivity contribution is -0.140. The molecule has 0 aromatic heterocycles. The van der Waals surface area contributed by atoms with Crippen molar-refractivity contribution in [3.05, 3.63) is 23.3 Å². The third kappa shape index (κ3) is 1.54. The number of rotatable bonds is 2. The summed E-state index contributed by atoms with van der Waals surface area (Å²) in [5.41, 5.74) is 0.959. The molecule has 4 nitrogen and oxygen atoms in total. The molecule has 4 heteroatoms. The summed E-state index contributed by atoms with van der Waals surface area (Å²) in [6, 6.07) is 0. The highest BCUT2D eigenvalue weighted by Gasteiger charge is 2.39. The smallest absolute Gasteiger partial charge is 0.334 e. The van der Waals surface area contributed by atoms with Gasteiger partial charge in [0.05, 0.1) is 25.4 Å². The fraction of sp³-hybridized carbons (Fsp3) is 0.500. The summed E-state index contributed by atoms with van der Waals surface area (Å²) in [6.07, 6.45) is 5.75. The van der Waals surface area contributed by atoms with Gasteiger partial charge in [-0.25, -0.2) is 9.59 Å². The van der Waals surface area contributed by atoms with Crippen LogP contribution in [-0.4, -0.2) is 26.2 Å². The van der Waals surface area contributed by atoms with Crippen molar-refractivity contribution in [2.45, 2.75) is 12.8 Å². The predicted octanol–water partition coefficient (Wildman–Crippen LogP) is 1.22. The van der Waals surface area contributed by atoms with Crippen molar-refractivity contribution in [2.75, 3.05) is 14.2 Å². The van der Waals surface area contributed by atoms with Crippen molar-refractivity contribution in [1.29, 1.82) is 0 Å². The van der Waals surface area contributed by atoms with E-state index >= 15 is 0 Å².